The van der Waals surface area contributed by atoms with Crippen LogP contribution < -0.4 is 9.47 Å². The summed E-state index contributed by atoms with van der Waals surface area (Å²) in [4.78, 5) is 28.7. The number of aliphatic hydroxyl groups is 1. The van der Waals surface area contributed by atoms with Crippen LogP contribution in [0.4, 0.5) is 0 Å². The highest BCUT2D eigenvalue weighted by molar-refractivity contribution is 6.16. The quantitative estimate of drug-likeness (QED) is 0.347. The number of aryl methyl sites for hydroxylation is 1. The molecule has 1 aromatic heterocycles. The number of benzene rings is 3. The largest absolute Gasteiger partial charge is 0.503 e. The van der Waals surface area contributed by atoms with Gasteiger partial charge in [-0.2, -0.15) is 0 Å². The third-order valence-electron chi connectivity index (χ3n) is 6.39. The molecular weight excluding hydrogens is 458 g/mol. The average Bonchev–Trinajstić information content (AvgIpc) is 3.44. The highest BCUT2D eigenvalue weighted by atomic mass is 16.5. The molecule has 0 bridgehead atoms. The number of ether oxygens (including phenoxy) is 2. The molecular formula is C29H25NO6. The molecule has 0 radical (unpaired) electrons. The fourth-order valence-corrected chi connectivity index (χ4v) is 4.69. The summed E-state index contributed by atoms with van der Waals surface area (Å²) in [6, 6.07) is 21.0. The van der Waals surface area contributed by atoms with Gasteiger partial charge in [0.25, 0.3) is 5.91 Å². The fraction of sp³-hybridized carbons (Fsp3) is 0.172. The molecule has 1 N–H and O–H groups in total. The second-order valence-electron chi connectivity index (χ2n) is 8.64. The Balaban J connectivity index is 1.62. The van der Waals surface area contributed by atoms with Gasteiger partial charge in [-0.3, -0.25) is 9.59 Å². The monoisotopic (exact) mass is 483 g/mol. The Hall–Kier alpha value is -4.52. The maximum atomic E-state index is 13.8. The van der Waals surface area contributed by atoms with E-state index in [0.29, 0.717) is 28.0 Å². The summed E-state index contributed by atoms with van der Waals surface area (Å²) in [6.07, 6.45) is 0. The van der Waals surface area contributed by atoms with Gasteiger partial charge in [-0.05, 0) is 30.7 Å². The topological polar surface area (TPSA) is 89.2 Å². The summed E-state index contributed by atoms with van der Waals surface area (Å²) in [5, 5.41) is 11.7. The van der Waals surface area contributed by atoms with E-state index in [0.717, 1.165) is 11.1 Å². The van der Waals surface area contributed by atoms with Crippen molar-refractivity contribution in [2.24, 2.45) is 0 Å². The van der Waals surface area contributed by atoms with E-state index in [1.54, 1.807) is 37.4 Å². The zero-order chi connectivity index (χ0) is 25.4. The second kappa shape index (κ2) is 9.26. The summed E-state index contributed by atoms with van der Waals surface area (Å²) in [5.41, 5.74) is 2.81. The number of fused-ring (bicyclic) bond motifs is 1. The van der Waals surface area contributed by atoms with Crippen LogP contribution in [0.15, 0.2) is 88.5 Å². The Morgan fingerprint density at radius 1 is 0.972 bits per heavy atom. The molecule has 7 nitrogen and oxygen atoms in total. The number of amides is 1. The molecule has 0 spiro atoms. The van der Waals surface area contributed by atoms with Crippen molar-refractivity contribution in [3.63, 3.8) is 0 Å². The van der Waals surface area contributed by atoms with E-state index in [4.69, 9.17) is 13.9 Å². The van der Waals surface area contributed by atoms with Crippen molar-refractivity contribution in [1.29, 1.82) is 0 Å². The minimum absolute atomic E-state index is 0.0145. The molecule has 1 aliphatic rings. The number of Topliss-reactive ketones (excluding diaryl/α,β-unsaturated/α-hetero) is 1. The number of ketones is 1. The Morgan fingerprint density at radius 2 is 1.69 bits per heavy atom. The van der Waals surface area contributed by atoms with Crippen molar-refractivity contribution in [3.05, 3.63) is 107 Å². The van der Waals surface area contributed by atoms with Crippen LogP contribution in [0.1, 0.15) is 33.3 Å². The molecule has 36 heavy (non-hydrogen) atoms. The molecule has 1 atom stereocenters. The van der Waals surface area contributed by atoms with Crippen LogP contribution in [0.3, 0.4) is 0 Å². The number of hydrogen-bond donors (Lipinski definition) is 1. The Morgan fingerprint density at radius 3 is 2.44 bits per heavy atom. The van der Waals surface area contributed by atoms with Crippen LogP contribution in [-0.2, 0) is 11.3 Å². The van der Waals surface area contributed by atoms with Crippen molar-refractivity contribution < 1.29 is 28.6 Å². The van der Waals surface area contributed by atoms with Crippen molar-refractivity contribution >= 4 is 22.7 Å². The van der Waals surface area contributed by atoms with Crippen molar-refractivity contribution in [2.75, 3.05) is 14.2 Å². The number of hydrogen-bond acceptors (Lipinski definition) is 6. The predicted octanol–water partition coefficient (Wildman–Crippen LogP) is 5.54. The Labute approximate surface area is 208 Å². The third-order valence-corrected chi connectivity index (χ3v) is 6.39. The molecule has 1 aliphatic heterocycles. The van der Waals surface area contributed by atoms with Gasteiger partial charge in [0.1, 0.15) is 5.75 Å². The van der Waals surface area contributed by atoms with Gasteiger partial charge in [0.15, 0.2) is 22.9 Å². The van der Waals surface area contributed by atoms with Gasteiger partial charge in [0, 0.05) is 10.9 Å². The zero-order valence-electron chi connectivity index (χ0n) is 20.1. The van der Waals surface area contributed by atoms with E-state index >= 15 is 0 Å². The zero-order valence-corrected chi connectivity index (χ0v) is 20.1. The van der Waals surface area contributed by atoms with Gasteiger partial charge < -0.3 is 23.9 Å². The highest BCUT2D eigenvalue weighted by Crippen LogP contribution is 2.41. The molecule has 1 unspecified atom stereocenters. The van der Waals surface area contributed by atoms with E-state index in [1.807, 2.05) is 49.4 Å². The van der Waals surface area contributed by atoms with Gasteiger partial charge in [-0.1, -0.05) is 60.2 Å². The molecule has 0 aliphatic carbocycles. The fourth-order valence-electron chi connectivity index (χ4n) is 4.69. The average molecular weight is 484 g/mol. The van der Waals surface area contributed by atoms with Gasteiger partial charge in [-0.25, -0.2) is 0 Å². The summed E-state index contributed by atoms with van der Waals surface area (Å²) >= 11 is 0. The molecule has 4 aromatic rings. The second-order valence-corrected chi connectivity index (χ2v) is 8.64. The van der Waals surface area contributed by atoms with Gasteiger partial charge >= 0.3 is 0 Å². The number of carbonyl (C=O) groups is 2. The molecule has 5 rings (SSSR count). The van der Waals surface area contributed by atoms with Gasteiger partial charge in [0.05, 0.1) is 32.4 Å². The molecule has 0 saturated heterocycles. The number of methoxy groups -OCH3 is 2. The first kappa shape index (κ1) is 23.2. The Kier molecular flexibility index (Phi) is 5.98. The van der Waals surface area contributed by atoms with Crippen LogP contribution in [0, 0.1) is 6.92 Å². The number of rotatable bonds is 7. The summed E-state index contributed by atoms with van der Waals surface area (Å²) in [7, 11) is 3.08. The molecule has 0 fully saturated rings. The standard InChI is InChI=1S/C29H25NO6/c1-17-8-6-10-18(14-17)25-24(26(31)23-15-19-11-7-13-22(35-3)28(19)36-23)27(32)29(33)30(25)16-20-9-4-5-12-21(20)34-2/h4-15,25,32H,16H2,1-3H3. The van der Waals surface area contributed by atoms with Gasteiger partial charge in [0.2, 0.25) is 5.78 Å². The molecule has 7 heteroatoms. The predicted molar refractivity (Wildman–Crippen MR) is 134 cm³/mol. The molecule has 0 saturated carbocycles. The van der Waals surface area contributed by atoms with E-state index in [-0.39, 0.29) is 17.9 Å². The van der Waals surface area contributed by atoms with E-state index in [1.165, 1.54) is 12.0 Å². The smallest absolute Gasteiger partial charge is 0.290 e. The van der Waals surface area contributed by atoms with Crippen LogP contribution in [0.25, 0.3) is 11.0 Å². The number of carbonyl (C=O) groups excluding carboxylic acids is 2. The SMILES string of the molecule is COc1ccccc1CN1C(=O)C(O)=C(C(=O)c2cc3cccc(OC)c3o2)C1c1cccc(C)c1. The van der Waals surface area contributed by atoms with Gasteiger partial charge in [-0.15, -0.1) is 0 Å². The number of aliphatic hydroxyl groups excluding tert-OH is 1. The first-order chi connectivity index (χ1) is 17.4. The lowest BCUT2D eigenvalue weighted by Crippen LogP contribution is -2.31. The van der Waals surface area contributed by atoms with Crippen LogP contribution in [0.5, 0.6) is 11.5 Å². The van der Waals surface area contributed by atoms with Crippen molar-refractivity contribution in [1.82, 2.24) is 4.90 Å². The molecule has 2 heterocycles. The van der Waals surface area contributed by atoms with Crippen LogP contribution in [0.2, 0.25) is 0 Å². The number of para-hydroxylation sites is 2. The molecule has 182 valence electrons. The van der Waals surface area contributed by atoms with Crippen LogP contribution in [-0.4, -0.2) is 35.9 Å². The minimum Gasteiger partial charge on any atom is -0.503 e. The van der Waals surface area contributed by atoms with Crippen molar-refractivity contribution in [3.8, 4) is 11.5 Å². The number of nitrogens with zero attached hydrogens (tertiary/aromatic N) is 1. The van der Waals surface area contributed by atoms with Crippen molar-refractivity contribution in [2.45, 2.75) is 19.5 Å². The lowest BCUT2D eigenvalue weighted by atomic mass is 9.94. The van der Waals surface area contributed by atoms with E-state index in [9.17, 15) is 14.7 Å². The summed E-state index contributed by atoms with van der Waals surface area (Å²) in [5.74, 6) is -0.677. The molecule has 3 aromatic carbocycles. The van der Waals surface area contributed by atoms with E-state index < -0.39 is 23.5 Å². The normalized spacial score (nSPS) is 15.6. The highest BCUT2D eigenvalue weighted by Gasteiger charge is 2.44. The van der Waals surface area contributed by atoms with Crippen LogP contribution >= 0.6 is 0 Å². The summed E-state index contributed by atoms with van der Waals surface area (Å²) in [6.45, 7) is 2.07. The lowest BCUT2D eigenvalue weighted by Gasteiger charge is -2.27. The summed E-state index contributed by atoms with van der Waals surface area (Å²) < 4.78 is 16.7. The lowest BCUT2D eigenvalue weighted by molar-refractivity contribution is -0.130. The number of furan rings is 1. The third kappa shape index (κ3) is 3.88. The Bertz CT molecular complexity index is 1520. The van der Waals surface area contributed by atoms with E-state index in [2.05, 4.69) is 0 Å². The minimum atomic E-state index is -0.815. The maximum Gasteiger partial charge on any atom is 0.290 e. The molecule has 1 amide bonds. The first-order valence-electron chi connectivity index (χ1n) is 11.5. The maximum absolute atomic E-state index is 13.8. The first-order valence-corrected chi connectivity index (χ1v) is 11.5.